The average molecular weight is 399 g/mol. The van der Waals surface area contributed by atoms with Crippen LogP contribution in [0, 0.1) is 0 Å². The Morgan fingerprint density at radius 1 is 1.27 bits per heavy atom. The summed E-state index contributed by atoms with van der Waals surface area (Å²) in [7, 11) is -4.55. The fraction of sp³-hybridized carbons (Fsp3) is 0.714. The van der Waals surface area contributed by atoms with Crippen molar-refractivity contribution in [2.24, 2.45) is 7.05 Å². The SMILES string of the molecule is CC1c2nn(C)c(OS(=O)(=O)C(F)(F)F)c2CCN1C(=O)OC(C)(C)C. The van der Waals surface area contributed by atoms with Crippen molar-refractivity contribution in [3.63, 3.8) is 0 Å². The van der Waals surface area contributed by atoms with E-state index in [0.29, 0.717) is 0 Å². The molecule has 0 fully saturated rings. The lowest BCUT2D eigenvalue weighted by molar-refractivity contribution is -0.0502. The highest BCUT2D eigenvalue weighted by molar-refractivity contribution is 7.87. The third-order valence-corrected chi connectivity index (χ3v) is 4.63. The third kappa shape index (κ3) is 3.89. The quantitative estimate of drug-likeness (QED) is 0.561. The summed E-state index contributed by atoms with van der Waals surface area (Å²) in [5.41, 5.74) is -5.78. The van der Waals surface area contributed by atoms with Gasteiger partial charge in [-0.2, -0.15) is 26.7 Å². The number of hydrogen-bond acceptors (Lipinski definition) is 6. The first-order valence-corrected chi connectivity index (χ1v) is 9.11. The zero-order valence-corrected chi connectivity index (χ0v) is 15.7. The molecular weight excluding hydrogens is 379 g/mol. The van der Waals surface area contributed by atoms with Gasteiger partial charge in [-0.05, 0) is 34.1 Å². The Balaban J connectivity index is 2.33. The van der Waals surface area contributed by atoms with E-state index in [2.05, 4.69) is 9.28 Å². The molecule has 1 aromatic heterocycles. The van der Waals surface area contributed by atoms with E-state index in [1.807, 2.05) is 0 Å². The molecule has 26 heavy (non-hydrogen) atoms. The van der Waals surface area contributed by atoms with E-state index in [1.54, 1.807) is 27.7 Å². The number of halogens is 3. The first kappa shape index (κ1) is 20.3. The minimum absolute atomic E-state index is 0.0788. The van der Waals surface area contributed by atoms with Crippen molar-refractivity contribution in [2.45, 2.75) is 51.3 Å². The Morgan fingerprint density at radius 3 is 2.35 bits per heavy atom. The maximum atomic E-state index is 12.6. The molecule has 1 unspecified atom stereocenters. The Hall–Kier alpha value is -1.98. The monoisotopic (exact) mass is 399 g/mol. The molecule has 1 atom stereocenters. The van der Waals surface area contributed by atoms with Crippen molar-refractivity contribution in [3.05, 3.63) is 11.3 Å². The van der Waals surface area contributed by atoms with Gasteiger partial charge in [0.15, 0.2) is 0 Å². The highest BCUT2D eigenvalue weighted by Crippen LogP contribution is 2.37. The molecule has 12 heteroatoms. The van der Waals surface area contributed by atoms with Gasteiger partial charge in [0.2, 0.25) is 5.88 Å². The van der Waals surface area contributed by atoms with Gasteiger partial charge in [0, 0.05) is 19.2 Å². The zero-order chi connectivity index (χ0) is 20.1. The van der Waals surface area contributed by atoms with E-state index < -0.39 is 39.2 Å². The Morgan fingerprint density at radius 2 is 1.85 bits per heavy atom. The van der Waals surface area contributed by atoms with Crippen LogP contribution in [0.4, 0.5) is 18.0 Å². The first-order valence-electron chi connectivity index (χ1n) is 7.70. The molecule has 0 aliphatic carbocycles. The number of ether oxygens (including phenoxy) is 1. The number of rotatable bonds is 2. The van der Waals surface area contributed by atoms with Gasteiger partial charge in [-0.1, -0.05) is 0 Å². The summed E-state index contributed by atoms with van der Waals surface area (Å²) in [6.45, 7) is 6.87. The predicted octanol–water partition coefficient (Wildman–Crippen LogP) is 2.50. The number of fused-ring (bicyclic) bond motifs is 1. The number of aromatic nitrogens is 2. The second-order valence-corrected chi connectivity index (χ2v) is 8.41. The van der Waals surface area contributed by atoms with Crippen molar-refractivity contribution in [2.75, 3.05) is 6.54 Å². The first-order chi connectivity index (χ1) is 11.6. The molecule has 0 radical (unpaired) electrons. The fourth-order valence-corrected chi connectivity index (χ4v) is 3.05. The van der Waals surface area contributed by atoms with E-state index in [0.717, 1.165) is 4.68 Å². The number of aryl methyl sites for hydroxylation is 1. The lowest BCUT2D eigenvalue weighted by Gasteiger charge is -2.34. The lowest BCUT2D eigenvalue weighted by atomic mass is 10.0. The number of hydrogen-bond donors (Lipinski definition) is 0. The Kier molecular flexibility index (Phi) is 4.94. The van der Waals surface area contributed by atoms with Crippen LogP contribution in [0.15, 0.2) is 0 Å². The Labute approximate surface area is 149 Å². The van der Waals surface area contributed by atoms with Crippen molar-refractivity contribution in [1.29, 1.82) is 0 Å². The molecule has 0 aromatic carbocycles. The molecule has 2 rings (SSSR count). The lowest BCUT2D eigenvalue weighted by Crippen LogP contribution is -2.42. The molecule has 0 saturated carbocycles. The molecule has 1 aromatic rings. The van der Waals surface area contributed by atoms with Gasteiger partial charge in [0.05, 0.1) is 11.7 Å². The molecule has 2 heterocycles. The molecule has 0 bridgehead atoms. The number of carbonyl (C=O) groups excluding carboxylic acids is 1. The molecule has 1 aliphatic rings. The van der Waals surface area contributed by atoms with Crippen molar-refractivity contribution in [3.8, 4) is 5.88 Å². The van der Waals surface area contributed by atoms with Gasteiger partial charge in [-0.15, -0.1) is 0 Å². The summed E-state index contributed by atoms with van der Waals surface area (Å²) >= 11 is 0. The predicted molar refractivity (Wildman–Crippen MR) is 83.9 cm³/mol. The van der Waals surface area contributed by atoms with Crippen molar-refractivity contribution in [1.82, 2.24) is 14.7 Å². The van der Waals surface area contributed by atoms with Gasteiger partial charge in [-0.25, -0.2) is 9.48 Å². The summed E-state index contributed by atoms with van der Waals surface area (Å²) in [6, 6.07) is -0.620. The average Bonchev–Trinajstić information content (AvgIpc) is 2.73. The fourth-order valence-electron chi connectivity index (χ4n) is 2.54. The summed E-state index contributed by atoms with van der Waals surface area (Å²) < 4.78 is 70.8. The Bertz CT molecular complexity index is 811. The summed E-state index contributed by atoms with van der Waals surface area (Å²) in [4.78, 5) is 13.7. The minimum atomic E-state index is -5.81. The second kappa shape index (κ2) is 6.32. The van der Waals surface area contributed by atoms with Crippen LogP contribution in [-0.2, 0) is 28.3 Å². The van der Waals surface area contributed by atoms with E-state index in [1.165, 1.54) is 11.9 Å². The van der Waals surface area contributed by atoms with Crippen LogP contribution in [0.3, 0.4) is 0 Å². The standard InChI is InChI=1S/C14H20F3N3O5S/c1-8-10-9(6-7-20(8)12(21)24-13(2,3)4)11(19(5)18-10)25-26(22,23)14(15,16)17/h8H,6-7H2,1-5H3. The van der Waals surface area contributed by atoms with Gasteiger partial charge in [0.1, 0.15) is 5.60 Å². The highest BCUT2D eigenvalue weighted by atomic mass is 32.2. The summed E-state index contributed by atoms with van der Waals surface area (Å²) in [5.74, 6) is -0.506. The van der Waals surface area contributed by atoms with Crippen molar-refractivity contribution >= 4 is 16.2 Å². The van der Waals surface area contributed by atoms with Crippen LogP contribution in [0.1, 0.15) is 45.0 Å². The van der Waals surface area contributed by atoms with Gasteiger partial charge >= 0.3 is 21.7 Å². The topological polar surface area (TPSA) is 90.7 Å². The number of nitrogens with zero attached hydrogens (tertiary/aromatic N) is 3. The normalized spacial score (nSPS) is 18.5. The number of amides is 1. The van der Waals surface area contributed by atoms with Gasteiger partial charge < -0.3 is 8.92 Å². The molecule has 1 amide bonds. The van der Waals surface area contributed by atoms with E-state index in [-0.39, 0.29) is 24.2 Å². The van der Waals surface area contributed by atoms with E-state index in [4.69, 9.17) is 4.74 Å². The highest BCUT2D eigenvalue weighted by Gasteiger charge is 2.50. The molecule has 1 aliphatic heterocycles. The molecule has 8 nitrogen and oxygen atoms in total. The molecular formula is C14H20F3N3O5S. The van der Waals surface area contributed by atoms with Crippen LogP contribution in [0.25, 0.3) is 0 Å². The van der Waals surface area contributed by atoms with Crippen LogP contribution in [-0.4, -0.2) is 46.8 Å². The zero-order valence-electron chi connectivity index (χ0n) is 14.9. The number of carbonyl (C=O) groups is 1. The maximum absolute atomic E-state index is 12.6. The second-order valence-electron chi connectivity index (χ2n) is 6.88. The van der Waals surface area contributed by atoms with Gasteiger partial charge in [0.25, 0.3) is 0 Å². The summed E-state index contributed by atoms with van der Waals surface area (Å²) in [6.07, 6.45) is -0.512. The van der Waals surface area contributed by atoms with Crippen LogP contribution in [0.2, 0.25) is 0 Å². The van der Waals surface area contributed by atoms with Crippen LogP contribution in [0.5, 0.6) is 5.88 Å². The third-order valence-electron chi connectivity index (χ3n) is 3.69. The van der Waals surface area contributed by atoms with Crippen LogP contribution < -0.4 is 4.18 Å². The molecule has 0 saturated heterocycles. The van der Waals surface area contributed by atoms with Gasteiger partial charge in [-0.3, -0.25) is 4.90 Å². The smallest absolute Gasteiger partial charge is 0.444 e. The molecule has 148 valence electrons. The molecule has 0 N–H and O–H groups in total. The minimum Gasteiger partial charge on any atom is -0.444 e. The summed E-state index contributed by atoms with van der Waals surface area (Å²) in [5, 5.41) is 4.04. The van der Waals surface area contributed by atoms with Crippen LogP contribution >= 0.6 is 0 Å². The van der Waals surface area contributed by atoms with E-state index in [9.17, 15) is 26.4 Å². The maximum Gasteiger partial charge on any atom is 0.534 e. The van der Waals surface area contributed by atoms with Crippen molar-refractivity contribution < 1.29 is 35.3 Å². The molecule has 0 spiro atoms. The number of alkyl halides is 3. The van der Waals surface area contributed by atoms with E-state index >= 15 is 0 Å². The largest absolute Gasteiger partial charge is 0.534 e.